The maximum absolute atomic E-state index is 10.3. The summed E-state index contributed by atoms with van der Waals surface area (Å²) in [7, 11) is 0. The van der Waals surface area contributed by atoms with Gasteiger partial charge in [-0.2, -0.15) is 0 Å². The number of nitrogens with two attached hydrogens (primary N) is 1. The Kier molecular flexibility index (Phi) is 0.819. The van der Waals surface area contributed by atoms with Crippen molar-refractivity contribution >= 4 is 17.7 Å². The molecule has 1 rings (SSSR count). The van der Waals surface area contributed by atoms with Crippen LogP contribution in [0.2, 0.25) is 0 Å². The minimum atomic E-state index is -0.194. The van der Waals surface area contributed by atoms with Crippen molar-refractivity contribution in [1.29, 1.82) is 0 Å². The molecular formula is C4H7NOS. The minimum absolute atomic E-state index is 0.183. The molecule has 0 saturated carbocycles. The third kappa shape index (κ3) is 0.725. The molecule has 2 N–H and O–H groups in total. The second-order valence-corrected chi connectivity index (χ2v) is 3.36. The van der Waals surface area contributed by atoms with Crippen LogP contribution in [0.15, 0.2) is 0 Å². The zero-order chi connectivity index (χ0) is 5.49. The van der Waals surface area contributed by atoms with Gasteiger partial charge in [0, 0.05) is 5.75 Å². The first-order valence-electron chi connectivity index (χ1n) is 2.09. The number of rotatable bonds is 1. The van der Waals surface area contributed by atoms with Crippen molar-refractivity contribution in [3.63, 3.8) is 0 Å². The van der Waals surface area contributed by atoms with Crippen molar-refractivity contribution in [1.82, 2.24) is 0 Å². The molecule has 1 heterocycles. The van der Waals surface area contributed by atoms with Crippen molar-refractivity contribution in [2.45, 2.75) is 11.7 Å². The molecule has 1 aliphatic rings. The molecule has 0 aromatic rings. The average Bonchev–Trinajstić information content (AvgIpc) is 2.21. The molecule has 0 aromatic heterocycles. The highest BCUT2D eigenvalue weighted by Crippen LogP contribution is 2.43. The number of carbonyl (C=O) groups is 1. The second-order valence-electron chi connectivity index (χ2n) is 1.88. The third-order valence-corrected chi connectivity index (χ3v) is 2.45. The molecule has 2 nitrogen and oxygen atoms in total. The van der Waals surface area contributed by atoms with Crippen LogP contribution in [0.4, 0.5) is 0 Å². The van der Waals surface area contributed by atoms with E-state index in [1.807, 2.05) is 6.92 Å². The third-order valence-electron chi connectivity index (χ3n) is 1.10. The van der Waals surface area contributed by atoms with Crippen molar-refractivity contribution in [2.24, 2.45) is 5.73 Å². The molecule has 1 atom stereocenters. The van der Waals surface area contributed by atoms with Crippen LogP contribution in [-0.4, -0.2) is 16.4 Å². The number of thioether (sulfide) groups is 1. The molecule has 0 radical (unpaired) electrons. The largest absolute Gasteiger partial charge is 0.368 e. The van der Waals surface area contributed by atoms with Gasteiger partial charge in [-0.25, -0.2) is 0 Å². The van der Waals surface area contributed by atoms with E-state index in [-0.39, 0.29) is 10.7 Å². The molecule has 0 spiro atoms. The Labute approximate surface area is 46.5 Å². The number of hydrogen-bond donors (Lipinski definition) is 1. The van der Waals surface area contributed by atoms with Crippen molar-refractivity contribution < 1.29 is 4.79 Å². The molecule has 0 aliphatic carbocycles. The average molecular weight is 117 g/mol. The molecule has 1 saturated heterocycles. The predicted octanol–water partition coefficient (Wildman–Crippen LogP) is -0.0228. The van der Waals surface area contributed by atoms with Crippen LogP contribution >= 0.6 is 11.8 Å². The van der Waals surface area contributed by atoms with Crippen LogP contribution in [0.3, 0.4) is 0 Å². The fourth-order valence-corrected chi connectivity index (χ4v) is 0.752. The van der Waals surface area contributed by atoms with Gasteiger partial charge in [0.1, 0.15) is 4.75 Å². The summed E-state index contributed by atoms with van der Waals surface area (Å²) in [4.78, 5) is 10.3. The van der Waals surface area contributed by atoms with Crippen molar-refractivity contribution in [3.05, 3.63) is 0 Å². The van der Waals surface area contributed by atoms with Crippen LogP contribution in [0.25, 0.3) is 0 Å². The monoisotopic (exact) mass is 117 g/mol. The van der Waals surface area contributed by atoms with Gasteiger partial charge in [0.05, 0.1) is 0 Å². The van der Waals surface area contributed by atoms with Gasteiger partial charge >= 0.3 is 0 Å². The highest BCUT2D eigenvalue weighted by molar-refractivity contribution is 8.08. The van der Waals surface area contributed by atoms with E-state index in [2.05, 4.69) is 0 Å². The fraction of sp³-hybridized carbons (Fsp3) is 0.750. The van der Waals surface area contributed by atoms with Gasteiger partial charge in [-0.3, -0.25) is 4.79 Å². The summed E-state index contributed by atoms with van der Waals surface area (Å²) >= 11 is 1.60. The Hall–Kier alpha value is -0.180. The molecule has 1 amide bonds. The molecule has 40 valence electrons. The Balaban J connectivity index is 2.55. The topological polar surface area (TPSA) is 43.1 Å². The zero-order valence-corrected chi connectivity index (χ0v) is 4.92. The number of carbonyl (C=O) groups excluding carboxylic acids is 1. The lowest BCUT2D eigenvalue weighted by Crippen LogP contribution is -2.27. The van der Waals surface area contributed by atoms with Crippen molar-refractivity contribution in [2.75, 3.05) is 5.75 Å². The summed E-state index contributed by atoms with van der Waals surface area (Å²) in [5.74, 6) is 0.722. The van der Waals surface area contributed by atoms with E-state index in [0.29, 0.717) is 0 Å². The Morgan fingerprint density at radius 1 is 2.00 bits per heavy atom. The van der Waals surface area contributed by atoms with Gasteiger partial charge in [-0.05, 0) is 6.92 Å². The zero-order valence-electron chi connectivity index (χ0n) is 4.10. The summed E-state index contributed by atoms with van der Waals surface area (Å²) in [6.45, 7) is 1.86. The standard InChI is InChI=1S/C4H7NOS/c1-4(2-7-4)3(5)6/h2H2,1H3,(H2,5,6)/t4-/m0/s1. The smallest absolute Gasteiger partial charge is 0.234 e. The van der Waals surface area contributed by atoms with Crippen LogP contribution in [0, 0.1) is 0 Å². The normalized spacial score (nSPS) is 37.9. The van der Waals surface area contributed by atoms with E-state index in [1.165, 1.54) is 0 Å². The Bertz CT molecular complexity index is 108. The molecule has 0 unspecified atom stereocenters. The Morgan fingerprint density at radius 2 is 2.43 bits per heavy atom. The summed E-state index contributed by atoms with van der Waals surface area (Å²) in [6, 6.07) is 0. The highest BCUT2D eigenvalue weighted by atomic mass is 32.2. The van der Waals surface area contributed by atoms with E-state index < -0.39 is 0 Å². The van der Waals surface area contributed by atoms with Gasteiger partial charge in [0.2, 0.25) is 5.91 Å². The van der Waals surface area contributed by atoms with E-state index >= 15 is 0 Å². The van der Waals surface area contributed by atoms with Crippen LogP contribution in [-0.2, 0) is 4.79 Å². The maximum Gasteiger partial charge on any atom is 0.234 e. The quantitative estimate of drug-likeness (QED) is 0.490. The molecule has 3 heteroatoms. The van der Waals surface area contributed by atoms with E-state index in [1.54, 1.807) is 11.8 Å². The number of primary amides is 1. The van der Waals surface area contributed by atoms with E-state index in [0.717, 1.165) is 5.75 Å². The lowest BCUT2D eigenvalue weighted by molar-refractivity contribution is -0.118. The highest BCUT2D eigenvalue weighted by Gasteiger charge is 2.44. The van der Waals surface area contributed by atoms with Gasteiger partial charge < -0.3 is 5.73 Å². The lowest BCUT2D eigenvalue weighted by atomic mass is 10.2. The molecule has 7 heavy (non-hydrogen) atoms. The summed E-state index contributed by atoms with van der Waals surface area (Å²) in [5, 5.41) is 0. The maximum atomic E-state index is 10.3. The van der Waals surface area contributed by atoms with Crippen LogP contribution in [0.1, 0.15) is 6.92 Å². The number of hydrogen-bond acceptors (Lipinski definition) is 2. The lowest BCUT2D eigenvalue weighted by Gasteiger charge is -1.94. The summed E-state index contributed by atoms with van der Waals surface area (Å²) in [5.41, 5.74) is 4.97. The first-order valence-corrected chi connectivity index (χ1v) is 3.07. The fourth-order valence-electron chi connectivity index (χ4n) is 0.251. The minimum Gasteiger partial charge on any atom is -0.368 e. The molecule has 0 bridgehead atoms. The van der Waals surface area contributed by atoms with Crippen LogP contribution < -0.4 is 5.73 Å². The molecule has 1 fully saturated rings. The predicted molar refractivity (Wildman–Crippen MR) is 30.1 cm³/mol. The van der Waals surface area contributed by atoms with Crippen molar-refractivity contribution in [3.8, 4) is 0 Å². The summed E-state index contributed by atoms with van der Waals surface area (Å²) in [6.07, 6.45) is 0. The van der Waals surface area contributed by atoms with Gasteiger partial charge in [0.15, 0.2) is 0 Å². The van der Waals surface area contributed by atoms with Gasteiger partial charge in [-0.1, -0.05) is 0 Å². The van der Waals surface area contributed by atoms with E-state index in [9.17, 15) is 4.79 Å². The Morgan fingerprint density at radius 3 is 2.43 bits per heavy atom. The first kappa shape index (κ1) is 4.97. The molecule has 0 aromatic carbocycles. The first-order chi connectivity index (χ1) is 3.15. The second kappa shape index (κ2) is 1.15. The van der Waals surface area contributed by atoms with Crippen LogP contribution in [0.5, 0.6) is 0 Å². The van der Waals surface area contributed by atoms with E-state index in [4.69, 9.17) is 5.73 Å². The SMILES string of the molecule is C[C@@]1(C(N)=O)CS1. The molecular weight excluding hydrogens is 110 g/mol. The summed E-state index contributed by atoms with van der Waals surface area (Å²) < 4.78 is -0.194. The number of amides is 1. The van der Waals surface area contributed by atoms with Gasteiger partial charge in [-0.15, -0.1) is 11.8 Å². The molecule has 1 aliphatic heterocycles. The van der Waals surface area contributed by atoms with Gasteiger partial charge in [0.25, 0.3) is 0 Å².